The van der Waals surface area contributed by atoms with E-state index >= 15 is 0 Å². The molecule has 0 heterocycles. The minimum Gasteiger partial charge on any atom is -1.00 e. The topological polar surface area (TPSA) is 43.4 Å². The van der Waals surface area contributed by atoms with Gasteiger partial charge in [-0.05, 0) is 20.8 Å². The van der Waals surface area contributed by atoms with Crippen LogP contribution in [0.4, 0.5) is 0 Å². The van der Waals surface area contributed by atoms with Gasteiger partial charge in [0, 0.05) is 0 Å². The van der Waals surface area contributed by atoms with E-state index in [2.05, 4.69) is 0 Å². The van der Waals surface area contributed by atoms with Crippen molar-refractivity contribution >= 4 is 12.3 Å². The summed E-state index contributed by atoms with van der Waals surface area (Å²) in [6, 6.07) is 0. The van der Waals surface area contributed by atoms with E-state index in [4.69, 9.17) is 4.74 Å². The SMILES string of the molecule is CC(C)(C)OC(=O)CC=O.[H-].[K+]. The van der Waals surface area contributed by atoms with E-state index in [1.54, 1.807) is 20.8 Å². The van der Waals surface area contributed by atoms with Gasteiger partial charge in [0.05, 0.1) is 0 Å². The van der Waals surface area contributed by atoms with Crippen LogP contribution in [0.25, 0.3) is 0 Å². The standard InChI is InChI=1S/C7H12O3.K.H/c1-7(2,3)10-6(9)4-5-8;;/h5H,4H2,1-3H3;;/q;+1;-1. The third kappa shape index (κ3) is 10.8. The Balaban J connectivity index is -0.000000405. The van der Waals surface area contributed by atoms with Crippen LogP contribution in [-0.4, -0.2) is 17.9 Å². The first-order valence-corrected chi connectivity index (χ1v) is 3.11. The normalized spacial score (nSPS) is 9.73. The van der Waals surface area contributed by atoms with E-state index in [-0.39, 0.29) is 59.2 Å². The molecule has 0 spiro atoms. The van der Waals surface area contributed by atoms with E-state index in [0.29, 0.717) is 6.29 Å². The van der Waals surface area contributed by atoms with Gasteiger partial charge in [0.25, 0.3) is 0 Å². The molecule has 0 saturated carbocycles. The second-order valence-electron chi connectivity index (χ2n) is 2.96. The molecule has 60 valence electrons. The third-order valence-corrected chi connectivity index (χ3v) is 0.670. The van der Waals surface area contributed by atoms with Gasteiger partial charge in [0.1, 0.15) is 18.3 Å². The van der Waals surface area contributed by atoms with E-state index < -0.39 is 11.6 Å². The maximum absolute atomic E-state index is 10.6. The van der Waals surface area contributed by atoms with Gasteiger partial charge in [-0.15, -0.1) is 0 Å². The van der Waals surface area contributed by atoms with Crippen LogP contribution in [0.2, 0.25) is 0 Å². The van der Waals surface area contributed by atoms with E-state index in [1.807, 2.05) is 0 Å². The molecule has 0 rings (SSSR count). The number of carbonyl (C=O) groups excluding carboxylic acids is 2. The Morgan fingerprint density at radius 3 is 2.27 bits per heavy atom. The van der Waals surface area contributed by atoms with Crippen molar-refractivity contribution in [3.8, 4) is 0 Å². The molecular weight excluding hydrogens is 171 g/mol. The second kappa shape index (κ2) is 6.31. The predicted octanol–water partition coefficient (Wildman–Crippen LogP) is -1.97. The zero-order valence-corrected chi connectivity index (χ0v) is 10.6. The molecule has 0 saturated heterocycles. The van der Waals surface area contributed by atoms with Crippen LogP contribution in [0.3, 0.4) is 0 Å². The second-order valence-corrected chi connectivity index (χ2v) is 2.96. The molecule has 0 aliphatic carbocycles. The first-order chi connectivity index (χ1) is 4.45. The Kier molecular flexibility index (Phi) is 8.21. The Hall–Kier alpha value is 0.776. The Morgan fingerprint density at radius 2 is 2.00 bits per heavy atom. The van der Waals surface area contributed by atoms with Crippen LogP contribution in [0.1, 0.15) is 28.6 Å². The summed E-state index contributed by atoms with van der Waals surface area (Å²) in [6.07, 6.45) is 0.380. The molecule has 11 heavy (non-hydrogen) atoms. The van der Waals surface area contributed by atoms with Gasteiger partial charge in [0.2, 0.25) is 0 Å². The monoisotopic (exact) mass is 184 g/mol. The number of esters is 1. The summed E-state index contributed by atoms with van der Waals surface area (Å²) in [5, 5.41) is 0. The molecular formula is C7H13KO3. The molecule has 0 aromatic heterocycles. The van der Waals surface area contributed by atoms with Gasteiger partial charge in [0.15, 0.2) is 0 Å². The van der Waals surface area contributed by atoms with Crippen molar-refractivity contribution in [3.05, 3.63) is 0 Å². The quantitative estimate of drug-likeness (QED) is 0.216. The van der Waals surface area contributed by atoms with Gasteiger partial charge in [-0.25, -0.2) is 0 Å². The summed E-state index contributed by atoms with van der Waals surface area (Å²) in [5.41, 5.74) is -0.486. The van der Waals surface area contributed by atoms with E-state index in [0.717, 1.165) is 0 Å². The predicted molar refractivity (Wildman–Crippen MR) is 37.6 cm³/mol. The fourth-order valence-electron chi connectivity index (χ4n) is 0.451. The minimum absolute atomic E-state index is 0. The average Bonchev–Trinajstić information content (AvgIpc) is 1.59. The third-order valence-electron chi connectivity index (χ3n) is 0.670. The van der Waals surface area contributed by atoms with Crippen LogP contribution in [-0.2, 0) is 14.3 Å². The van der Waals surface area contributed by atoms with Gasteiger partial charge in [-0.3, -0.25) is 4.79 Å². The molecule has 0 unspecified atom stereocenters. The molecule has 0 aliphatic heterocycles. The molecule has 0 N–H and O–H groups in total. The average molecular weight is 184 g/mol. The molecule has 0 aliphatic rings. The van der Waals surface area contributed by atoms with E-state index in [1.165, 1.54) is 0 Å². The number of hydrogen-bond acceptors (Lipinski definition) is 3. The first-order valence-electron chi connectivity index (χ1n) is 3.11. The Bertz CT molecular complexity index is 142. The molecule has 0 amide bonds. The fraction of sp³-hybridized carbons (Fsp3) is 0.714. The van der Waals surface area contributed by atoms with Gasteiger partial charge in [-0.1, -0.05) is 0 Å². The summed E-state index contributed by atoms with van der Waals surface area (Å²) in [5.74, 6) is -0.470. The summed E-state index contributed by atoms with van der Waals surface area (Å²) in [7, 11) is 0. The van der Waals surface area contributed by atoms with Crippen molar-refractivity contribution in [2.45, 2.75) is 32.8 Å². The molecule has 0 atom stereocenters. The Morgan fingerprint density at radius 1 is 1.55 bits per heavy atom. The van der Waals surface area contributed by atoms with Crippen molar-refractivity contribution in [3.63, 3.8) is 0 Å². The molecule has 4 heteroatoms. The molecule has 3 nitrogen and oxygen atoms in total. The zero-order valence-electron chi connectivity index (χ0n) is 8.51. The maximum Gasteiger partial charge on any atom is 1.00 e. The fourth-order valence-corrected chi connectivity index (χ4v) is 0.451. The minimum atomic E-state index is -0.486. The summed E-state index contributed by atoms with van der Waals surface area (Å²) < 4.78 is 4.81. The van der Waals surface area contributed by atoms with Crippen LogP contribution < -0.4 is 51.4 Å². The number of hydrogen-bond donors (Lipinski definition) is 0. The molecule has 0 aromatic rings. The summed E-state index contributed by atoms with van der Waals surface area (Å²) in [6.45, 7) is 5.28. The molecule has 0 bridgehead atoms. The van der Waals surface area contributed by atoms with Crippen molar-refractivity contribution in [1.29, 1.82) is 0 Å². The largest absolute Gasteiger partial charge is 1.00 e. The van der Waals surface area contributed by atoms with Gasteiger partial charge < -0.3 is 11.0 Å². The van der Waals surface area contributed by atoms with Crippen molar-refractivity contribution in [2.75, 3.05) is 0 Å². The van der Waals surface area contributed by atoms with Crippen LogP contribution in [0.5, 0.6) is 0 Å². The Labute approximate surface area is 111 Å². The van der Waals surface area contributed by atoms with Gasteiger partial charge >= 0.3 is 57.4 Å². The smallest absolute Gasteiger partial charge is 1.00 e. The van der Waals surface area contributed by atoms with Crippen molar-refractivity contribution < 1.29 is 67.1 Å². The summed E-state index contributed by atoms with van der Waals surface area (Å²) >= 11 is 0. The number of ether oxygens (including phenoxy) is 1. The first kappa shape index (κ1) is 14.3. The molecule has 0 fully saturated rings. The van der Waals surface area contributed by atoms with Gasteiger partial charge in [-0.2, -0.15) is 0 Å². The molecule has 0 radical (unpaired) electrons. The van der Waals surface area contributed by atoms with Crippen LogP contribution >= 0.6 is 0 Å². The summed E-state index contributed by atoms with van der Waals surface area (Å²) in [4.78, 5) is 20.4. The number of aldehydes is 1. The van der Waals surface area contributed by atoms with Crippen molar-refractivity contribution in [2.24, 2.45) is 0 Å². The van der Waals surface area contributed by atoms with Crippen LogP contribution in [0, 0.1) is 0 Å². The number of rotatable bonds is 2. The number of carbonyl (C=O) groups is 2. The zero-order chi connectivity index (χ0) is 8.20. The van der Waals surface area contributed by atoms with E-state index in [9.17, 15) is 9.59 Å². The molecule has 0 aromatic carbocycles. The van der Waals surface area contributed by atoms with Crippen molar-refractivity contribution in [1.82, 2.24) is 0 Å². The maximum atomic E-state index is 10.6. The van der Waals surface area contributed by atoms with Crippen LogP contribution in [0.15, 0.2) is 0 Å².